The molecule has 4 heteroatoms. The number of hydrogen-bond acceptors (Lipinski definition) is 3. The molecule has 0 fully saturated rings. The second-order valence-electron chi connectivity index (χ2n) is 3.02. The Morgan fingerprint density at radius 2 is 2.27 bits per heavy atom. The van der Waals surface area contributed by atoms with Gasteiger partial charge < -0.3 is 4.57 Å². The maximum Gasteiger partial charge on any atom is 0.125 e. The Bertz CT molecular complexity index is 242. The van der Waals surface area contributed by atoms with Gasteiger partial charge in [-0.05, 0) is 13.8 Å². The monoisotopic (exact) mass is 155 g/mol. The van der Waals surface area contributed by atoms with E-state index in [1.165, 1.54) is 0 Å². The molecule has 0 spiro atoms. The van der Waals surface area contributed by atoms with Gasteiger partial charge in [-0.2, -0.15) is 0 Å². The van der Waals surface area contributed by atoms with Gasteiger partial charge in [0.15, 0.2) is 0 Å². The van der Waals surface area contributed by atoms with E-state index in [-0.39, 0.29) is 0 Å². The summed E-state index contributed by atoms with van der Waals surface area (Å²) < 4.78 is 1.88. The molecule has 2 N–H and O–H groups in total. The smallest absolute Gasteiger partial charge is 0.125 e. The summed E-state index contributed by atoms with van der Waals surface area (Å²) in [7, 11) is 1.91. The summed E-state index contributed by atoms with van der Waals surface area (Å²) in [5.41, 5.74) is 0.491. The van der Waals surface area contributed by atoms with Gasteiger partial charge in [-0.1, -0.05) is 0 Å². The lowest BCUT2D eigenvalue weighted by Crippen LogP contribution is -2.27. The van der Waals surface area contributed by atoms with Crippen molar-refractivity contribution in [3.8, 4) is 0 Å². The molecule has 1 rings (SSSR count). The molecule has 0 aliphatic heterocycles. The molecule has 4 nitrogen and oxygen atoms in total. The predicted molar refractivity (Wildman–Crippen MR) is 41.5 cm³/mol. The van der Waals surface area contributed by atoms with Gasteiger partial charge in [0.1, 0.15) is 5.60 Å². The lowest BCUT2D eigenvalue weighted by atomic mass is 10.1. The fourth-order valence-corrected chi connectivity index (χ4v) is 0.998. The van der Waals surface area contributed by atoms with Gasteiger partial charge in [-0.3, -0.25) is 4.84 Å². The van der Waals surface area contributed by atoms with Crippen LogP contribution in [-0.4, -0.2) is 9.55 Å². The molecule has 1 aromatic rings. The van der Waals surface area contributed by atoms with E-state index in [0.717, 1.165) is 5.69 Å². The van der Waals surface area contributed by atoms with E-state index in [1.54, 1.807) is 12.5 Å². The molecular formula is C7H13N3O. The van der Waals surface area contributed by atoms with E-state index < -0.39 is 5.60 Å². The lowest BCUT2D eigenvalue weighted by molar-refractivity contribution is -0.0287. The highest BCUT2D eigenvalue weighted by atomic mass is 16.6. The van der Waals surface area contributed by atoms with Crippen LogP contribution in [0.4, 0.5) is 0 Å². The minimum absolute atomic E-state index is 0.467. The van der Waals surface area contributed by atoms with E-state index in [4.69, 9.17) is 10.7 Å². The van der Waals surface area contributed by atoms with E-state index in [2.05, 4.69) is 4.98 Å². The molecule has 0 atom stereocenters. The molecule has 0 saturated heterocycles. The van der Waals surface area contributed by atoms with Gasteiger partial charge in [-0.25, -0.2) is 10.9 Å². The third-order valence-corrected chi connectivity index (χ3v) is 1.73. The van der Waals surface area contributed by atoms with Gasteiger partial charge in [-0.15, -0.1) is 0 Å². The second kappa shape index (κ2) is 2.64. The number of aryl methyl sites for hydroxylation is 1. The first-order valence-corrected chi connectivity index (χ1v) is 3.42. The number of hydrogen-bond donors (Lipinski definition) is 1. The van der Waals surface area contributed by atoms with E-state index in [1.807, 2.05) is 25.5 Å². The van der Waals surface area contributed by atoms with Crippen molar-refractivity contribution in [1.82, 2.24) is 9.55 Å². The maximum absolute atomic E-state index is 5.13. The third kappa shape index (κ3) is 1.41. The summed E-state index contributed by atoms with van der Waals surface area (Å²) in [5.74, 6) is 5.13. The summed E-state index contributed by atoms with van der Waals surface area (Å²) in [6.45, 7) is 3.79. The van der Waals surface area contributed by atoms with Crippen molar-refractivity contribution >= 4 is 0 Å². The van der Waals surface area contributed by atoms with Crippen molar-refractivity contribution < 1.29 is 4.84 Å². The molecule has 0 aliphatic carbocycles. The van der Waals surface area contributed by atoms with E-state index in [9.17, 15) is 0 Å². The molecule has 0 saturated carbocycles. The highest BCUT2D eigenvalue weighted by Crippen LogP contribution is 2.20. The Balaban J connectivity index is 3.00. The topological polar surface area (TPSA) is 53.1 Å². The molecule has 0 amide bonds. The number of nitrogens with zero attached hydrogens (tertiary/aromatic N) is 2. The van der Waals surface area contributed by atoms with Crippen LogP contribution in [0.25, 0.3) is 0 Å². The first kappa shape index (κ1) is 8.23. The second-order valence-corrected chi connectivity index (χ2v) is 3.02. The van der Waals surface area contributed by atoms with E-state index >= 15 is 0 Å². The fraction of sp³-hybridized carbons (Fsp3) is 0.571. The van der Waals surface area contributed by atoms with Gasteiger partial charge in [0.05, 0.1) is 18.2 Å². The van der Waals surface area contributed by atoms with Crippen molar-refractivity contribution in [3.05, 3.63) is 18.2 Å². The van der Waals surface area contributed by atoms with Crippen LogP contribution in [0.5, 0.6) is 0 Å². The molecule has 0 aliphatic rings. The van der Waals surface area contributed by atoms with Crippen molar-refractivity contribution in [1.29, 1.82) is 0 Å². The minimum atomic E-state index is -0.467. The molecule has 0 bridgehead atoms. The molecule has 1 aromatic heterocycles. The van der Waals surface area contributed by atoms with Crippen LogP contribution in [0, 0.1) is 0 Å². The zero-order valence-corrected chi connectivity index (χ0v) is 7.03. The largest absolute Gasteiger partial charge is 0.335 e. The Hall–Kier alpha value is -0.870. The highest BCUT2D eigenvalue weighted by molar-refractivity contribution is 5.07. The van der Waals surface area contributed by atoms with Crippen LogP contribution in [0.2, 0.25) is 0 Å². The SMILES string of the molecule is Cn1cncc1C(C)(C)ON. The number of rotatable bonds is 2. The van der Waals surface area contributed by atoms with Crippen LogP contribution in [0.3, 0.4) is 0 Å². The molecule has 62 valence electrons. The zero-order chi connectivity index (χ0) is 8.48. The first-order chi connectivity index (χ1) is 5.08. The maximum atomic E-state index is 5.13. The van der Waals surface area contributed by atoms with Crippen molar-refractivity contribution in [2.24, 2.45) is 12.9 Å². The molecule has 11 heavy (non-hydrogen) atoms. The van der Waals surface area contributed by atoms with Crippen molar-refractivity contribution in [3.63, 3.8) is 0 Å². The minimum Gasteiger partial charge on any atom is -0.335 e. The van der Waals surface area contributed by atoms with E-state index in [0.29, 0.717) is 0 Å². The van der Waals surface area contributed by atoms with Gasteiger partial charge in [0, 0.05) is 7.05 Å². The normalized spacial score (nSPS) is 12.0. The predicted octanol–water partition coefficient (Wildman–Crippen LogP) is 0.545. The van der Waals surface area contributed by atoms with Crippen molar-refractivity contribution in [2.75, 3.05) is 0 Å². The summed E-state index contributed by atoms with van der Waals surface area (Å²) in [4.78, 5) is 8.77. The summed E-state index contributed by atoms with van der Waals surface area (Å²) >= 11 is 0. The Morgan fingerprint density at radius 3 is 2.64 bits per heavy atom. The quantitative estimate of drug-likeness (QED) is 0.634. The fourth-order valence-electron chi connectivity index (χ4n) is 0.998. The number of aromatic nitrogens is 2. The summed E-state index contributed by atoms with van der Waals surface area (Å²) in [5, 5.41) is 0. The van der Waals surface area contributed by atoms with Crippen LogP contribution >= 0.6 is 0 Å². The lowest BCUT2D eigenvalue weighted by Gasteiger charge is -2.21. The highest BCUT2D eigenvalue weighted by Gasteiger charge is 2.23. The van der Waals surface area contributed by atoms with Gasteiger partial charge >= 0.3 is 0 Å². The average Bonchev–Trinajstić information content (AvgIpc) is 2.36. The Kier molecular flexibility index (Phi) is 1.97. The first-order valence-electron chi connectivity index (χ1n) is 3.42. The third-order valence-electron chi connectivity index (χ3n) is 1.73. The average molecular weight is 155 g/mol. The Morgan fingerprint density at radius 1 is 1.64 bits per heavy atom. The molecular weight excluding hydrogens is 142 g/mol. The van der Waals surface area contributed by atoms with Crippen molar-refractivity contribution in [2.45, 2.75) is 19.4 Å². The summed E-state index contributed by atoms with van der Waals surface area (Å²) in [6.07, 6.45) is 3.46. The van der Waals surface area contributed by atoms with Gasteiger partial charge in [0.2, 0.25) is 0 Å². The summed E-state index contributed by atoms with van der Waals surface area (Å²) in [6, 6.07) is 0. The van der Waals surface area contributed by atoms with Crippen LogP contribution in [0.1, 0.15) is 19.5 Å². The standard InChI is InChI=1S/C7H13N3O/c1-7(2,11-8)6-4-9-5-10(6)3/h4-5H,8H2,1-3H3. The zero-order valence-electron chi connectivity index (χ0n) is 7.03. The molecule has 0 unspecified atom stereocenters. The van der Waals surface area contributed by atoms with Gasteiger partial charge in [0.25, 0.3) is 0 Å². The van der Waals surface area contributed by atoms with Crippen LogP contribution in [-0.2, 0) is 17.5 Å². The van der Waals surface area contributed by atoms with Crippen LogP contribution in [0.15, 0.2) is 12.5 Å². The Labute approximate surface area is 65.9 Å². The number of nitrogens with two attached hydrogens (primary N) is 1. The molecule has 1 heterocycles. The molecule has 0 radical (unpaired) electrons. The number of imidazole rings is 1. The van der Waals surface area contributed by atoms with Crippen LogP contribution < -0.4 is 5.90 Å². The molecule has 0 aromatic carbocycles.